The Morgan fingerprint density at radius 2 is 0.638 bits per heavy atom. The minimum atomic E-state index is -0.117. The van der Waals surface area contributed by atoms with Crippen LogP contribution in [0.4, 0.5) is 0 Å². The SMILES string of the molecule is CC1(C)c2ccccc2-c2ccc(C#Cc3ccc4c(c3)C(C)(C)c3cc(-c5ccc6c(c5)C(C)(C)c5ccccc5-6)ccc3-4)cc21. The van der Waals surface area contributed by atoms with E-state index in [4.69, 9.17) is 0 Å². The maximum atomic E-state index is 3.52. The molecule has 0 aromatic heterocycles. The molecule has 0 amide bonds. The first-order valence-electron chi connectivity index (χ1n) is 16.9. The van der Waals surface area contributed by atoms with Crippen molar-refractivity contribution in [1.82, 2.24) is 0 Å². The van der Waals surface area contributed by atoms with Gasteiger partial charge in [0.05, 0.1) is 0 Å². The van der Waals surface area contributed by atoms with E-state index in [0.717, 1.165) is 11.1 Å². The van der Waals surface area contributed by atoms with Crippen LogP contribution in [0, 0.1) is 11.8 Å². The van der Waals surface area contributed by atoms with Crippen LogP contribution in [0.5, 0.6) is 0 Å². The molecule has 9 rings (SSSR count). The van der Waals surface area contributed by atoms with Crippen LogP contribution in [-0.4, -0.2) is 0 Å². The highest BCUT2D eigenvalue weighted by atomic mass is 14.4. The van der Waals surface area contributed by atoms with Gasteiger partial charge in [-0.3, -0.25) is 0 Å². The molecule has 0 heteroatoms. The van der Waals surface area contributed by atoms with Gasteiger partial charge in [0, 0.05) is 27.4 Å². The summed E-state index contributed by atoms with van der Waals surface area (Å²) in [6, 6.07) is 45.3. The Labute approximate surface area is 279 Å². The van der Waals surface area contributed by atoms with E-state index in [1.54, 1.807) is 0 Å². The van der Waals surface area contributed by atoms with Gasteiger partial charge >= 0.3 is 0 Å². The topological polar surface area (TPSA) is 0 Å². The quantitative estimate of drug-likeness (QED) is 0.164. The number of benzene rings is 6. The van der Waals surface area contributed by atoms with Gasteiger partial charge in [-0.2, -0.15) is 0 Å². The standard InChI is InChI=1S/C47H38/c1-45(2)39-13-9-7-11-33(39)35-21-17-29(25-41(35)45)15-16-30-18-22-36-38-24-20-32(28-44(38)47(5,6)42(36)26-30)31-19-23-37-34-12-8-10-14-40(34)46(3,4)43(37)27-31/h7-14,17-28H,1-6H3. The smallest absolute Gasteiger partial charge is 0.0252 e. The summed E-state index contributed by atoms with van der Waals surface area (Å²) in [6.07, 6.45) is 0. The maximum Gasteiger partial charge on any atom is 0.0252 e. The van der Waals surface area contributed by atoms with E-state index in [2.05, 4.69) is 175 Å². The van der Waals surface area contributed by atoms with Crippen LogP contribution < -0.4 is 0 Å². The summed E-state index contributed by atoms with van der Waals surface area (Å²) in [5.74, 6) is 7.03. The van der Waals surface area contributed by atoms with Gasteiger partial charge < -0.3 is 0 Å². The lowest BCUT2D eigenvalue weighted by atomic mass is 9.80. The van der Waals surface area contributed by atoms with Gasteiger partial charge in [-0.05, 0) is 114 Å². The summed E-state index contributed by atoms with van der Waals surface area (Å²) in [7, 11) is 0. The average Bonchev–Trinajstić information content (AvgIpc) is 3.56. The van der Waals surface area contributed by atoms with Crippen molar-refractivity contribution in [2.45, 2.75) is 57.8 Å². The zero-order valence-corrected chi connectivity index (χ0v) is 28.0. The zero-order valence-electron chi connectivity index (χ0n) is 28.0. The molecule has 0 heterocycles. The van der Waals surface area contributed by atoms with Crippen LogP contribution in [0.3, 0.4) is 0 Å². The fourth-order valence-corrected chi connectivity index (χ4v) is 8.81. The third kappa shape index (κ3) is 3.90. The van der Waals surface area contributed by atoms with E-state index in [1.807, 2.05) is 0 Å². The normalized spacial score (nSPS) is 16.2. The Balaban J connectivity index is 1.04. The van der Waals surface area contributed by atoms with E-state index >= 15 is 0 Å². The second-order valence-electron chi connectivity index (χ2n) is 15.3. The molecule has 0 nitrogen and oxygen atoms in total. The van der Waals surface area contributed by atoms with Crippen molar-refractivity contribution < 1.29 is 0 Å². The predicted molar refractivity (Wildman–Crippen MR) is 197 cm³/mol. The first-order chi connectivity index (χ1) is 22.5. The minimum absolute atomic E-state index is 0.00734. The number of hydrogen-bond acceptors (Lipinski definition) is 0. The maximum absolute atomic E-state index is 3.52. The van der Waals surface area contributed by atoms with E-state index in [0.29, 0.717) is 0 Å². The highest BCUT2D eigenvalue weighted by Crippen LogP contribution is 2.52. The summed E-state index contributed by atoms with van der Waals surface area (Å²) in [4.78, 5) is 0. The van der Waals surface area contributed by atoms with Gasteiger partial charge in [0.2, 0.25) is 0 Å². The molecule has 0 fully saturated rings. The molecule has 0 N–H and O–H groups in total. The fraction of sp³-hybridized carbons (Fsp3) is 0.191. The molecule has 47 heavy (non-hydrogen) atoms. The van der Waals surface area contributed by atoms with Crippen LogP contribution in [0.15, 0.2) is 121 Å². The minimum Gasteiger partial charge on any atom is -0.0619 e. The van der Waals surface area contributed by atoms with E-state index in [-0.39, 0.29) is 16.2 Å². The molecule has 6 aromatic carbocycles. The zero-order chi connectivity index (χ0) is 32.3. The lowest BCUT2D eigenvalue weighted by Gasteiger charge is -2.23. The van der Waals surface area contributed by atoms with Crippen molar-refractivity contribution in [3.05, 3.63) is 166 Å². The summed E-state index contributed by atoms with van der Waals surface area (Å²) in [5, 5.41) is 0. The van der Waals surface area contributed by atoms with Gasteiger partial charge in [-0.15, -0.1) is 0 Å². The Bertz CT molecular complexity index is 2380. The Hall–Kier alpha value is -5.12. The van der Waals surface area contributed by atoms with Crippen LogP contribution >= 0.6 is 0 Å². The summed E-state index contributed by atoms with van der Waals surface area (Å²) in [5.41, 5.74) is 21.0. The molecule has 0 radical (unpaired) electrons. The summed E-state index contributed by atoms with van der Waals surface area (Å²) < 4.78 is 0. The Morgan fingerprint density at radius 3 is 1.06 bits per heavy atom. The number of rotatable bonds is 1. The van der Waals surface area contributed by atoms with Gasteiger partial charge in [0.1, 0.15) is 0 Å². The molecular weight excluding hydrogens is 565 g/mol. The van der Waals surface area contributed by atoms with Crippen molar-refractivity contribution in [1.29, 1.82) is 0 Å². The van der Waals surface area contributed by atoms with E-state index in [9.17, 15) is 0 Å². The molecule has 3 aliphatic carbocycles. The molecule has 0 aliphatic heterocycles. The molecule has 0 spiro atoms. The lowest BCUT2D eigenvalue weighted by molar-refractivity contribution is 0.659. The van der Waals surface area contributed by atoms with Gasteiger partial charge in [0.15, 0.2) is 0 Å². The molecule has 0 unspecified atom stereocenters. The molecule has 6 aromatic rings. The third-order valence-corrected chi connectivity index (χ3v) is 11.5. The highest BCUT2D eigenvalue weighted by molar-refractivity contribution is 5.87. The third-order valence-electron chi connectivity index (χ3n) is 11.5. The monoisotopic (exact) mass is 602 g/mol. The molecule has 226 valence electrons. The first-order valence-corrected chi connectivity index (χ1v) is 16.9. The second-order valence-corrected chi connectivity index (χ2v) is 15.3. The van der Waals surface area contributed by atoms with Crippen LogP contribution in [0.25, 0.3) is 44.5 Å². The second kappa shape index (κ2) is 9.47. The van der Waals surface area contributed by atoms with Crippen molar-refractivity contribution in [3.63, 3.8) is 0 Å². The first kappa shape index (κ1) is 28.1. The van der Waals surface area contributed by atoms with Crippen LogP contribution in [0.2, 0.25) is 0 Å². The van der Waals surface area contributed by atoms with Crippen LogP contribution in [0.1, 0.15) is 86.1 Å². The van der Waals surface area contributed by atoms with Gasteiger partial charge in [-0.1, -0.05) is 138 Å². The molecule has 0 saturated heterocycles. The lowest BCUT2D eigenvalue weighted by Crippen LogP contribution is -2.15. The average molecular weight is 603 g/mol. The van der Waals surface area contributed by atoms with Crippen molar-refractivity contribution in [3.8, 4) is 56.3 Å². The van der Waals surface area contributed by atoms with Crippen molar-refractivity contribution in [2.24, 2.45) is 0 Å². The van der Waals surface area contributed by atoms with Crippen LogP contribution in [-0.2, 0) is 16.2 Å². The Kier molecular flexibility index (Phi) is 5.66. The highest BCUT2D eigenvalue weighted by Gasteiger charge is 2.38. The largest absolute Gasteiger partial charge is 0.0619 e. The molecule has 0 bridgehead atoms. The Morgan fingerprint density at radius 1 is 0.319 bits per heavy atom. The van der Waals surface area contributed by atoms with Crippen molar-refractivity contribution in [2.75, 3.05) is 0 Å². The predicted octanol–water partition coefficient (Wildman–Crippen LogP) is 11.7. The van der Waals surface area contributed by atoms with E-state index in [1.165, 1.54) is 77.9 Å². The molecule has 3 aliphatic rings. The van der Waals surface area contributed by atoms with E-state index < -0.39 is 0 Å². The number of fused-ring (bicyclic) bond motifs is 9. The van der Waals surface area contributed by atoms with Gasteiger partial charge in [0.25, 0.3) is 0 Å². The molecule has 0 saturated carbocycles. The molecule has 0 atom stereocenters. The number of hydrogen-bond donors (Lipinski definition) is 0. The molecular formula is C47H38. The summed E-state index contributed by atoms with van der Waals surface area (Å²) >= 11 is 0. The van der Waals surface area contributed by atoms with Crippen molar-refractivity contribution >= 4 is 0 Å². The summed E-state index contributed by atoms with van der Waals surface area (Å²) in [6.45, 7) is 14.1. The van der Waals surface area contributed by atoms with Gasteiger partial charge in [-0.25, -0.2) is 0 Å². The fourth-order valence-electron chi connectivity index (χ4n) is 8.81.